The minimum atomic E-state index is -0.399. The third-order valence-electron chi connectivity index (χ3n) is 2.71. The SMILES string of the molecule is CCCC(CC)c1ccc(C#N)c(F)c1. The van der Waals surface area contributed by atoms with Gasteiger partial charge in [0.05, 0.1) is 5.56 Å². The molecule has 0 aliphatic rings. The van der Waals surface area contributed by atoms with Crippen molar-refractivity contribution in [1.82, 2.24) is 0 Å². The molecule has 80 valence electrons. The fraction of sp³-hybridized carbons (Fsp3) is 0.462. The summed E-state index contributed by atoms with van der Waals surface area (Å²) in [7, 11) is 0. The maximum Gasteiger partial charge on any atom is 0.141 e. The first-order valence-corrected chi connectivity index (χ1v) is 5.42. The molecule has 1 unspecified atom stereocenters. The lowest BCUT2D eigenvalue weighted by Gasteiger charge is -2.14. The van der Waals surface area contributed by atoms with Crippen LogP contribution in [0.3, 0.4) is 0 Å². The molecule has 15 heavy (non-hydrogen) atoms. The Hall–Kier alpha value is -1.36. The fourth-order valence-corrected chi connectivity index (χ4v) is 1.83. The Labute approximate surface area is 90.5 Å². The van der Waals surface area contributed by atoms with E-state index >= 15 is 0 Å². The Morgan fingerprint density at radius 3 is 2.60 bits per heavy atom. The molecule has 1 nitrogen and oxygen atoms in total. The van der Waals surface area contributed by atoms with Crippen molar-refractivity contribution in [1.29, 1.82) is 5.26 Å². The summed E-state index contributed by atoms with van der Waals surface area (Å²) >= 11 is 0. The Kier molecular flexibility index (Phi) is 4.30. The molecule has 1 rings (SSSR count). The number of nitrogens with zero attached hydrogens (tertiary/aromatic N) is 1. The van der Waals surface area contributed by atoms with E-state index in [2.05, 4.69) is 13.8 Å². The minimum absolute atomic E-state index is 0.130. The largest absolute Gasteiger partial charge is 0.206 e. The molecular weight excluding hydrogens is 189 g/mol. The third-order valence-corrected chi connectivity index (χ3v) is 2.71. The molecule has 0 N–H and O–H groups in total. The highest BCUT2D eigenvalue weighted by Gasteiger charge is 2.10. The molecule has 0 amide bonds. The average molecular weight is 205 g/mol. The van der Waals surface area contributed by atoms with Gasteiger partial charge in [0.25, 0.3) is 0 Å². The van der Waals surface area contributed by atoms with E-state index in [1.807, 2.05) is 12.1 Å². The number of nitriles is 1. The van der Waals surface area contributed by atoms with Crippen molar-refractivity contribution >= 4 is 0 Å². The zero-order chi connectivity index (χ0) is 11.3. The van der Waals surface area contributed by atoms with E-state index in [1.165, 1.54) is 6.07 Å². The molecule has 0 fully saturated rings. The molecule has 0 aromatic heterocycles. The first-order chi connectivity index (χ1) is 7.22. The van der Waals surface area contributed by atoms with Crippen molar-refractivity contribution in [3.8, 4) is 6.07 Å². The zero-order valence-corrected chi connectivity index (χ0v) is 9.26. The minimum Gasteiger partial charge on any atom is -0.206 e. The smallest absolute Gasteiger partial charge is 0.141 e. The summed E-state index contributed by atoms with van der Waals surface area (Å²) in [5.74, 6) is 0.0156. The van der Waals surface area contributed by atoms with Crippen LogP contribution in [0.4, 0.5) is 4.39 Å². The maximum absolute atomic E-state index is 13.4. The van der Waals surface area contributed by atoms with Crippen LogP contribution in [0.15, 0.2) is 18.2 Å². The molecule has 1 atom stereocenters. The zero-order valence-electron chi connectivity index (χ0n) is 9.26. The molecule has 0 heterocycles. The fourth-order valence-electron chi connectivity index (χ4n) is 1.83. The lowest BCUT2D eigenvalue weighted by atomic mass is 9.91. The molecular formula is C13H16FN. The number of benzene rings is 1. The lowest BCUT2D eigenvalue weighted by Crippen LogP contribution is -1.98. The van der Waals surface area contributed by atoms with E-state index in [-0.39, 0.29) is 5.56 Å². The second kappa shape index (κ2) is 5.50. The molecule has 0 aliphatic heterocycles. The van der Waals surface area contributed by atoms with Gasteiger partial charge in [0.2, 0.25) is 0 Å². The Morgan fingerprint density at radius 1 is 1.40 bits per heavy atom. The van der Waals surface area contributed by atoms with Gasteiger partial charge in [-0.15, -0.1) is 0 Å². The van der Waals surface area contributed by atoms with Crippen LogP contribution in [0, 0.1) is 17.1 Å². The Balaban J connectivity index is 2.95. The number of rotatable bonds is 4. The predicted molar refractivity (Wildman–Crippen MR) is 59.1 cm³/mol. The standard InChI is InChI=1S/C13H16FN/c1-3-5-10(4-2)11-6-7-12(9-15)13(14)8-11/h6-8,10H,3-5H2,1-2H3. The Morgan fingerprint density at radius 2 is 2.13 bits per heavy atom. The van der Waals surface area contributed by atoms with Crippen molar-refractivity contribution in [3.05, 3.63) is 35.1 Å². The van der Waals surface area contributed by atoms with E-state index in [4.69, 9.17) is 5.26 Å². The van der Waals surface area contributed by atoms with E-state index in [1.54, 1.807) is 6.07 Å². The molecule has 0 saturated heterocycles. The normalized spacial score (nSPS) is 12.1. The van der Waals surface area contributed by atoms with Crippen molar-refractivity contribution in [2.45, 2.75) is 39.0 Å². The summed E-state index contributed by atoms with van der Waals surface area (Å²) in [5, 5.41) is 8.62. The van der Waals surface area contributed by atoms with Crippen LogP contribution in [0.1, 0.15) is 50.2 Å². The van der Waals surface area contributed by atoms with E-state index < -0.39 is 5.82 Å². The summed E-state index contributed by atoms with van der Waals surface area (Å²) < 4.78 is 13.4. The van der Waals surface area contributed by atoms with Crippen LogP contribution in [-0.4, -0.2) is 0 Å². The van der Waals surface area contributed by atoms with Gasteiger partial charge in [0.15, 0.2) is 0 Å². The highest BCUT2D eigenvalue weighted by molar-refractivity contribution is 5.34. The molecule has 1 aromatic rings. The van der Waals surface area contributed by atoms with Gasteiger partial charge >= 0.3 is 0 Å². The van der Waals surface area contributed by atoms with Crippen LogP contribution < -0.4 is 0 Å². The number of halogens is 1. The van der Waals surface area contributed by atoms with E-state index in [0.29, 0.717) is 5.92 Å². The average Bonchev–Trinajstić information content (AvgIpc) is 2.25. The summed E-state index contributed by atoms with van der Waals surface area (Å²) in [5.41, 5.74) is 1.14. The molecule has 2 heteroatoms. The molecule has 0 aliphatic carbocycles. The third kappa shape index (κ3) is 2.79. The Bertz CT molecular complexity index is 365. The second-order valence-corrected chi connectivity index (χ2v) is 3.74. The molecule has 1 aromatic carbocycles. The van der Waals surface area contributed by atoms with Gasteiger partial charge in [-0.3, -0.25) is 0 Å². The molecule has 0 spiro atoms. The first-order valence-electron chi connectivity index (χ1n) is 5.42. The molecule has 0 radical (unpaired) electrons. The quantitative estimate of drug-likeness (QED) is 0.729. The molecule has 0 saturated carbocycles. The monoisotopic (exact) mass is 205 g/mol. The highest BCUT2D eigenvalue weighted by Crippen LogP contribution is 2.25. The highest BCUT2D eigenvalue weighted by atomic mass is 19.1. The van der Waals surface area contributed by atoms with Gasteiger partial charge in [-0.1, -0.05) is 26.3 Å². The van der Waals surface area contributed by atoms with Crippen LogP contribution in [0.5, 0.6) is 0 Å². The summed E-state index contributed by atoms with van der Waals surface area (Å²) in [6, 6.07) is 6.78. The lowest BCUT2D eigenvalue weighted by molar-refractivity contribution is 0.580. The van der Waals surface area contributed by atoms with Crippen molar-refractivity contribution in [3.63, 3.8) is 0 Å². The van der Waals surface area contributed by atoms with Crippen LogP contribution in [-0.2, 0) is 0 Å². The number of hydrogen-bond acceptors (Lipinski definition) is 1. The summed E-state index contributed by atoms with van der Waals surface area (Å²) in [4.78, 5) is 0. The predicted octanol–water partition coefficient (Wildman–Crippen LogP) is 3.99. The molecule has 0 bridgehead atoms. The van der Waals surface area contributed by atoms with Crippen LogP contribution in [0.2, 0.25) is 0 Å². The summed E-state index contributed by atoms with van der Waals surface area (Å²) in [6.45, 7) is 4.24. The van der Waals surface area contributed by atoms with Gasteiger partial charge in [0.1, 0.15) is 11.9 Å². The van der Waals surface area contributed by atoms with Gasteiger partial charge < -0.3 is 0 Å². The topological polar surface area (TPSA) is 23.8 Å². The number of hydrogen-bond donors (Lipinski definition) is 0. The van der Waals surface area contributed by atoms with Gasteiger partial charge in [-0.25, -0.2) is 4.39 Å². The van der Waals surface area contributed by atoms with E-state index in [9.17, 15) is 4.39 Å². The van der Waals surface area contributed by atoms with Crippen LogP contribution in [0.25, 0.3) is 0 Å². The van der Waals surface area contributed by atoms with Gasteiger partial charge in [-0.2, -0.15) is 5.26 Å². The van der Waals surface area contributed by atoms with Crippen molar-refractivity contribution in [2.24, 2.45) is 0 Å². The van der Waals surface area contributed by atoms with Crippen LogP contribution >= 0.6 is 0 Å². The first kappa shape index (κ1) is 11.7. The van der Waals surface area contributed by atoms with Crippen molar-refractivity contribution in [2.75, 3.05) is 0 Å². The van der Waals surface area contributed by atoms with Gasteiger partial charge in [0, 0.05) is 0 Å². The second-order valence-electron chi connectivity index (χ2n) is 3.74. The van der Waals surface area contributed by atoms with E-state index in [0.717, 1.165) is 24.8 Å². The van der Waals surface area contributed by atoms with Crippen molar-refractivity contribution < 1.29 is 4.39 Å². The summed E-state index contributed by atoms with van der Waals surface area (Å²) in [6.07, 6.45) is 3.18. The van der Waals surface area contributed by atoms with Gasteiger partial charge in [-0.05, 0) is 36.5 Å². The maximum atomic E-state index is 13.4.